The predicted molar refractivity (Wildman–Crippen MR) is 285 cm³/mol. The van der Waals surface area contributed by atoms with E-state index in [0.717, 1.165) is 18.5 Å². The topological polar surface area (TPSA) is 13.0 Å². The van der Waals surface area contributed by atoms with Gasteiger partial charge in [-0.1, -0.05) is 142 Å². The fourth-order valence-corrected chi connectivity index (χ4v) is 12.4. The van der Waals surface area contributed by atoms with E-state index >= 15 is 0 Å². The number of benzene rings is 8. The second-order valence-corrected chi connectivity index (χ2v) is 19.9. The fraction of sp³-hybridized carbons (Fsp3) is 0.175. The summed E-state index contributed by atoms with van der Waals surface area (Å²) in [6.45, 7) is 9.48. The number of fused-ring (bicyclic) bond motifs is 8. The van der Waals surface area contributed by atoms with Crippen molar-refractivity contribution >= 4 is 79.7 Å². The van der Waals surface area contributed by atoms with Gasteiger partial charge in [0.25, 0.3) is 0 Å². The molecule has 0 amide bonds. The molecular weight excluding hydrogens is 813 g/mol. The summed E-state index contributed by atoms with van der Waals surface area (Å²) < 4.78 is 0. The Labute approximate surface area is 394 Å². The number of aryl methyl sites for hydroxylation is 1. The molecule has 2 unspecified atom stereocenters. The zero-order valence-corrected chi connectivity index (χ0v) is 39.2. The molecule has 3 aliphatic carbocycles. The average molecular weight is 867 g/mol. The number of nitrogens with zero attached hydrogens (tertiary/aromatic N) is 4. The van der Waals surface area contributed by atoms with Crippen molar-refractivity contribution in [1.29, 1.82) is 0 Å². The van der Waals surface area contributed by atoms with Crippen LogP contribution in [-0.2, 0) is 5.41 Å². The summed E-state index contributed by atoms with van der Waals surface area (Å²) >= 11 is 0. The monoisotopic (exact) mass is 866 g/mol. The van der Waals surface area contributed by atoms with Crippen LogP contribution in [0.3, 0.4) is 0 Å². The number of rotatable bonds is 4. The van der Waals surface area contributed by atoms with Crippen LogP contribution in [0.4, 0.5) is 51.2 Å². The van der Waals surface area contributed by atoms with Gasteiger partial charge in [0.1, 0.15) is 0 Å². The van der Waals surface area contributed by atoms with E-state index in [2.05, 4.69) is 243 Å². The Balaban J connectivity index is 1.13. The van der Waals surface area contributed by atoms with E-state index in [-0.39, 0.29) is 17.4 Å². The molecule has 2 aliphatic heterocycles. The van der Waals surface area contributed by atoms with Crippen LogP contribution < -0.4 is 30.0 Å². The SMILES string of the molecule is Cc1ccc(-c2c3c(c(-c4ccc5c(c4)C(C)(C)C4=C5CCC=C4)c4cc(N5c6ccccc6N(C)c6ccccc65)ccc24)=CC(C)C(N2c4ccccc4N(C)c4ccccc42)C=3)cc1. The lowest BCUT2D eigenvalue weighted by Gasteiger charge is -2.44. The second-order valence-electron chi connectivity index (χ2n) is 19.9. The van der Waals surface area contributed by atoms with Crippen LogP contribution in [0.5, 0.6) is 0 Å². The molecule has 0 saturated heterocycles. The molecule has 4 nitrogen and oxygen atoms in total. The maximum absolute atomic E-state index is 2.63. The molecule has 13 rings (SSSR count). The van der Waals surface area contributed by atoms with Crippen LogP contribution in [-0.4, -0.2) is 20.1 Å². The first-order chi connectivity index (χ1) is 32.7. The van der Waals surface area contributed by atoms with E-state index in [4.69, 9.17) is 0 Å². The van der Waals surface area contributed by atoms with E-state index in [1.807, 2.05) is 0 Å². The molecule has 2 heterocycles. The van der Waals surface area contributed by atoms with E-state index < -0.39 is 0 Å². The third kappa shape index (κ3) is 5.78. The number of allylic oxidation sites excluding steroid dienone is 4. The Kier molecular flexibility index (Phi) is 8.74. The lowest BCUT2D eigenvalue weighted by atomic mass is 9.78. The van der Waals surface area contributed by atoms with Crippen LogP contribution in [0, 0.1) is 12.8 Å². The first-order valence-electron chi connectivity index (χ1n) is 24.1. The fourth-order valence-electron chi connectivity index (χ4n) is 12.4. The Hall–Kier alpha value is -7.56. The lowest BCUT2D eigenvalue weighted by Crippen LogP contribution is -2.45. The van der Waals surface area contributed by atoms with Crippen molar-refractivity contribution in [3.05, 3.63) is 203 Å². The van der Waals surface area contributed by atoms with Crippen molar-refractivity contribution in [2.45, 2.75) is 52.0 Å². The maximum atomic E-state index is 2.63. The van der Waals surface area contributed by atoms with E-state index in [1.165, 1.54) is 117 Å². The first kappa shape index (κ1) is 39.8. The third-order valence-corrected chi connectivity index (χ3v) is 15.7. The molecule has 0 spiro atoms. The van der Waals surface area contributed by atoms with Gasteiger partial charge in [-0.25, -0.2) is 0 Å². The highest BCUT2D eigenvalue weighted by molar-refractivity contribution is 6.09. The van der Waals surface area contributed by atoms with Crippen LogP contribution in [0.15, 0.2) is 175 Å². The van der Waals surface area contributed by atoms with Gasteiger partial charge in [-0.15, -0.1) is 0 Å². The van der Waals surface area contributed by atoms with E-state index in [1.54, 1.807) is 0 Å². The second kappa shape index (κ2) is 14.7. The van der Waals surface area contributed by atoms with Crippen LogP contribution >= 0.6 is 0 Å². The van der Waals surface area contributed by atoms with Crippen molar-refractivity contribution in [3.63, 3.8) is 0 Å². The molecule has 0 saturated carbocycles. The van der Waals surface area contributed by atoms with Gasteiger partial charge in [-0.3, -0.25) is 0 Å². The summed E-state index contributed by atoms with van der Waals surface area (Å²) in [5, 5.41) is 5.13. The molecule has 326 valence electrons. The highest BCUT2D eigenvalue weighted by atomic mass is 15.3. The van der Waals surface area contributed by atoms with E-state index in [9.17, 15) is 0 Å². The standard InChI is InChI=1S/C63H54N4/c1-39-27-29-41(30-28-39)61-46-34-32-43(66-56-23-13-9-19-52(56)64(5)53-20-10-14-24-57(53)66)37-48(46)62(42-31-33-45-44-17-7-8-18-50(44)63(3,4)51(45)36-42)47-35-40(2)60(38-49(47)61)67-58-25-15-11-21-54(58)65(6)55-22-12-16-26-59(55)67/h8-16,18-38,40,60H,7,17H2,1-6H3. The third-order valence-electron chi connectivity index (χ3n) is 15.7. The number of hydrogen-bond acceptors (Lipinski definition) is 4. The smallest absolute Gasteiger partial charge is 0.0699 e. The number of hydrogen-bond donors (Lipinski definition) is 0. The van der Waals surface area contributed by atoms with Gasteiger partial charge < -0.3 is 19.6 Å². The van der Waals surface area contributed by atoms with Gasteiger partial charge in [0, 0.05) is 25.2 Å². The van der Waals surface area contributed by atoms with Crippen molar-refractivity contribution in [3.8, 4) is 22.3 Å². The van der Waals surface area contributed by atoms with Crippen LogP contribution in [0.1, 0.15) is 50.3 Å². The Morgan fingerprint density at radius 1 is 0.537 bits per heavy atom. The summed E-state index contributed by atoms with van der Waals surface area (Å²) in [6.07, 6.45) is 12.2. The minimum Gasteiger partial charge on any atom is -0.341 e. The molecule has 4 heteroatoms. The van der Waals surface area contributed by atoms with Gasteiger partial charge in [0.05, 0.1) is 51.5 Å². The highest BCUT2D eigenvalue weighted by Gasteiger charge is 2.38. The normalized spacial score (nSPS) is 18.3. The molecule has 5 aliphatic rings. The van der Waals surface area contributed by atoms with Crippen molar-refractivity contribution in [2.75, 3.05) is 33.7 Å². The van der Waals surface area contributed by atoms with Crippen LogP contribution in [0.2, 0.25) is 0 Å². The quantitative estimate of drug-likeness (QED) is 0.175. The van der Waals surface area contributed by atoms with Crippen molar-refractivity contribution < 1.29 is 0 Å². The van der Waals surface area contributed by atoms with Crippen LogP contribution in [0.25, 0.3) is 50.8 Å². The molecule has 2 atom stereocenters. The molecule has 0 radical (unpaired) electrons. The minimum atomic E-state index is -0.0931. The number of para-hydroxylation sites is 8. The first-order valence-corrected chi connectivity index (χ1v) is 24.1. The summed E-state index contributed by atoms with van der Waals surface area (Å²) in [6, 6.07) is 59.5. The molecule has 67 heavy (non-hydrogen) atoms. The summed E-state index contributed by atoms with van der Waals surface area (Å²) in [5.74, 6) is 0.170. The molecule has 0 N–H and O–H groups in total. The maximum Gasteiger partial charge on any atom is 0.0699 e. The zero-order chi connectivity index (χ0) is 45.3. The largest absolute Gasteiger partial charge is 0.341 e. The zero-order valence-electron chi connectivity index (χ0n) is 39.2. The minimum absolute atomic E-state index is 0.0530. The summed E-state index contributed by atoms with van der Waals surface area (Å²) in [7, 11) is 4.39. The Morgan fingerprint density at radius 2 is 1.07 bits per heavy atom. The van der Waals surface area contributed by atoms with Gasteiger partial charge in [-0.05, 0) is 158 Å². The molecule has 0 bridgehead atoms. The summed E-state index contributed by atoms with van der Waals surface area (Å²) in [4.78, 5) is 9.77. The molecule has 8 aromatic carbocycles. The molecular formula is C63H54N4. The summed E-state index contributed by atoms with van der Waals surface area (Å²) in [5.41, 5.74) is 22.9. The van der Waals surface area contributed by atoms with Gasteiger partial charge in [0.15, 0.2) is 0 Å². The predicted octanol–water partition coefficient (Wildman–Crippen LogP) is 14.9. The van der Waals surface area contributed by atoms with E-state index in [0.29, 0.717) is 0 Å². The lowest BCUT2D eigenvalue weighted by molar-refractivity contribution is 0.651. The van der Waals surface area contributed by atoms with Gasteiger partial charge in [-0.2, -0.15) is 0 Å². The Bertz CT molecular complexity index is 3500. The molecule has 0 fully saturated rings. The molecule has 8 aromatic rings. The molecule has 0 aromatic heterocycles. The number of anilines is 9. The van der Waals surface area contributed by atoms with Gasteiger partial charge >= 0.3 is 0 Å². The van der Waals surface area contributed by atoms with Gasteiger partial charge in [0.2, 0.25) is 0 Å². The Morgan fingerprint density at radius 3 is 1.70 bits per heavy atom. The average Bonchev–Trinajstić information content (AvgIpc) is 3.59. The van der Waals surface area contributed by atoms with Crippen molar-refractivity contribution in [2.24, 2.45) is 5.92 Å². The highest BCUT2D eigenvalue weighted by Crippen LogP contribution is 2.54. The van der Waals surface area contributed by atoms with Crippen molar-refractivity contribution in [1.82, 2.24) is 0 Å².